The molecule has 24 heavy (non-hydrogen) atoms. The van der Waals surface area contributed by atoms with E-state index < -0.39 is 0 Å². The molecule has 0 unspecified atom stereocenters. The minimum absolute atomic E-state index is 0.0476. The summed E-state index contributed by atoms with van der Waals surface area (Å²) in [6.07, 6.45) is 0. The molecule has 0 atom stereocenters. The van der Waals surface area contributed by atoms with Gasteiger partial charge in [0.05, 0.1) is 0 Å². The normalized spacial score (nSPS) is 9.50. The number of benzene rings is 3. The van der Waals surface area contributed by atoms with Gasteiger partial charge in [-0.05, 0) is 33.7 Å². The number of nitrogens with zero attached hydrogens (tertiary/aromatic N) is 4. The summed E-state index contributed by atoms with van der Waals surface area (Å²) in [5.41, 5.74) is 0.0951. The lowest BCUT2D eigenvalue weighted by atomic mass is 9.99. The molecule has 4 nitrogen and oxygen atoms in total. The van der Waals surface area contributed by atoms with Crippen molar-refractivity contribution >= 4 is 32.7 Å². The van der Waals surface area contributed by atoms with Gasteiger partial charge in [0.2, 0.25) is 0 Å². The Labute approximate surface area is 137 Å². The van der Waals surface area contributed by atoms with Crippen molar-refractivity contribution in [1.29, 1.82) is 21.0 Å². The van der Waals surface area contributed by atoms with E-state index in [4.69, 9.17) is 21.0 Å². The molecule has 0 spiro atoms. The standard InChI is InChI=1S/C20H8N4/c21-9-17(10-22)15-5-3-13-1-2-14-4-6-16(18(11-23)12-24)8-20(14)19(13)7-15/h1-8H. The second-order valence-corrected chi connectivity index (χ2v) is 5.13. The van der Waals surface area contributed by atoms with Crippen molar-refractivity contribution < 1.29 is 0 Å². The van der Waals surface area contributed by atoms with Gasteiger partial charge in [-0.3, -0.25) is 0 Å². The second-order valence-electron chi connectivity index (χ2n) is 5.13. The lowest BCUT2D eigenvalue weighted by Crippen LogP contribution is -2.05. The van der Waals surface area contributed by atoms with Crippen LogP contribution in [0.2, 0.25) is 0 Å². The zero-order chi connectivity index (χ0) is 17.1. The predicted molar refractivity (Wildman–Crippen MR) is 90.0 cm³/mol. The van der Waals surface area contributed by atoms with Crippen molar-refractivity contribution in [2.45, 2.75) is 0 Å². The second kappa shape index (κ2) is 5.94. The van der Waals surface area contributed by atoms with Crippen LogP contribution in [0.3, 0.4) is 0 Å². The van der Waals surface area contributed by atoms with E-state index in [1.54, 1.807) is 24.3 Å². The van der Waals surface area contributed by atoms with Crippen LogP contribution >= 0.6 is 0 Å². The maximum absolute atomic E-state index is 9.06. The van der Waals surface area contributed by atoms with Gasteiger partial charge in [0.1, 0.15) is 35.4 Å². The minimum Gasteiger partial charge on any atom is -0.192 e. The van der Waals surface area contributed by atoms with Crippen molar-refractivity contribution in [3.8, 4) is 24.3 Å². The fraction of sp³-hybridized carbons (Fsp3) is 0. The highest BCUT2D eigenvalue weighted by atomic mass is 14.3. The Bertz CT molecular complexity index is 1150. The molecule has 0 amide bonds. The first kappa shape index (κ1) is 14.8. The number of nitriles is 4. The van der Waals surface area contributed by atoms with Crippen LogP contribution in [-0.2, 0) is 0 Å². The third kappa shape index (κ3) is 2.32. The van der Waals surface area contributed by atoms with E-state index >= 15 is 0 Å². The highest BCUT2D eigenvalue weighted by Crippen LogP contribution is 2.23. The van der Waals surface area contributed by atoms with E-state index in [0.717, 1.165) is 21.5 Å². The summed E-state index contributed by atoms with van der Waals surface area (Å²) in [7, 11) is 0. The Morgan fingerprint density at radius 2 is 0.875 bits per heavy atom. The molecule has 4 heteroatoms. The molecule has 0 saturated heterocycles. The lowest BCUT2D eigenvalue weighted by molar-refractivity contribution is 1.49. The molecule has 0 fully saturated rings. The Hall–Kier alpha value is -4.12. The maximum atomic E-state index is 9.06. The van der Waals surface area contributed by atoms with Crippen LogP contribution in [0.1, 0.15) is 0 Å². The summed E-state index contributed by atoms with van der Waals surface area (Å²) in [4.78, 5) is 0. The van der Waals surface area contributed by atoms with Crippen molar-refractivity contribution in [2.24, 2.45) is 0 Å². The van der Waals surface area contributed by atoms with Gasteiger partial charge in [-0.25, -0.2) is 0 Å². The van der Waals surface area contributed by atoms with Crippen LogP contribution in [-0.4, -0.2) is 0 Å². The van der Waals surface area contributed by atoms with Gasteiger partial charge < -0.3 is 0 Å². The van der Waals surface area contributed by atoms with Crippen LogP contribution in [0.5, 0.6) is 0 Å². The fourth-order valence-corrected chi connectivity index (χ4v) is 2.67. The molecule has 108 valence electrons. The van der Waals surface area contributed by atoms with Crippen molar-refractivity contribution in [3.05, 3.63) is 59.0 Å². The van der Waals surface area contributed by atoms with Crippen LogP contribution < -0.4 is 10.4 Å². The number of hydrogen-bond acceptors (Lipinski definition) is 4. The third-order valence-corrected chi connectivity index (χ3v) is 3.86. The Kier molecular flexibility index (Phi) is 3.66. The van der Waals surface area contributed by atoms with Crippen LogP contribution in [0.4, 0.5) is 0 Å². The van der Waals surface area contributed by atoms with Gasteiger partial charge in [0.15, 0.2) is 0 Å². The zero-order valence-electron chi connectivity index (χ0n) is 12.4. The Morgan fingerprint density at radius 3 is 1.21 bits per heavy atom. The number of fused-ring (bicyclic) bond motifs is 3. The van der Waals surface area contributed by atoms with Gasteiger partial charge in [0.25, 0.3) is 0 Å². The van der Waals surface area contributed by atoms with E-state index in [1.165, 1.54) is 0 Å². The largest absolute Gasteiger partial charge is 0.192 e. The maximum Gasteiger partial charge on any atom is 0.136 e. The number of rotatable bonds is 0. The fourth-order valence-electron chi connectivity index (χ4n) is 2.67. The highest BCUT2D eigenvalue weighted by molar-refractivity contribution is 6.07. The van der Waals surface area contributed by atoms with Crippen LogP contribution in [0, 0.1) is 45.3 Å². The zero-order valence-corrected chi connectivity index (χ0v) is 12.4. The summed E-state index contributed by atoms with van der Waals surface area (Å²) >= 11 is 0. The quantitative estimate of drug-likeness (QED) is 0.596. The first-order valence-electron chi connectivity index (χ1n) is 7.03. The molecular formula is C20H8N4. The van der Waals surface area contributed by atoms with E-state index in [-0.39, 0.29) is 11.1 Å². The molecule has 0 saturated carbocycles. The SMILES string of the molecule is N#CC(C#N)=c1ccc2ccc3ccc(=C(C#N)C#N)cc3c2c1. The first-order chi connectivity index (χ1) is 11.7. The molecule has 0 N–H and O–H groups in total. The summed E-state index contributed by atoms with van der Waals surface area (Å²) in [6.45, 7) is 0. The summed E-state index contributed by atoms with van der Waals surface area (Å²) in [6, 6.07) is 22.3. The predicted octanol–water partition coefficient (Wildman–Crippen LogP) is 2.39. The lowest BCUT2D eigenvalue weighted by Gasteiger charge is -2.04. The summed E-state index contributed by atoms with van der Waals surface area (Å²) in [5.74, 6) is 0. The molecule has 3 rings (SSSR count). The number of hydrogen-bond donors (Lipinski definition) is 0. The summed E-state index contributed by atoms with van der Waals surface area (Å²) in [5, 5.41) is 41.0. The molecule has 0 radical (unpaired) electrons. The monoisotopic (exact) mass is 304 g/mol. The molecule has 3 aromatic carbocycles. The molecule has 3 aromatic rings. The van der Waals surface area contributed by atoms with Gasteiger partial charge in [-0.1, -0.05) is 36.4 Å². The van der Waals surface area contributed by atoms with Crippen molar-refractivity contribution in [3.63, 3.8) is 0 Å². The van der Waals surface area contributed by atoms with Gasteiger partial charge in [0, 0.05) is 10.4 Å². The van der Waals surface area contributed by atoms with Gasteiger partial charge >= 0.3 is 0 Å². The van der Waals surface area contributed by atoms with Crippen molar-refractivity contribution in [2.75, 3.05) is 0 Å². The average molecular weight is 304 g/mol. The van der Waals surface area contributed by atoms with E-state index in [1.807, 2.05) is 48.5 Å². The van der Waals surface area contributed by atoms with E-state index in [0.29, 0.717) is 10.4 Å². The van der Waals surface area contributed by atoms with Crippen LogP contribution in [0.15, 0.2) is 48.5 Å². The molecule has 0 aromatic heterocycles. The van der Waals surface area contributed by atoms with Crippen LogP contribution in [0.25, 0.3) is 32.7 Å². The Morgan fingerprint density at radius 1 is 0.542 bits per heavy atom. The molecule has 0 aliphatic carbocycles. The molecule has 0 heterocycles. The molecule has 0 aliphatic heterocycles. The van der Waals surface area contributed by atoms with E-state index in [9.17, 15) is 0 Å². The van der Waals surface area contributed by atoms with Crippen molar-refractivity contribution in [1.82, 2.24) is 0 Å². The average Bonchev–Trinajstić information content (AvgIpc) is 2.63. The summed E-state index contributed by atoms with van der Waals surface area (Å²) < 4.78 is 0. The van der Waals surface area contributed by atoms with Gasteiger partial charge in [-0.2, -0.15) is 21.0 Å². The topological polar surface area (TPSA) is 95.2 Å². The Balaban J connectivity index is 2.55. The smallest absolute Gasteiger partial charge is 0.136 e. The molecule has 0 bridgehead atoms. The molecule has 0 aliphatic rings. The first-order valence-corrected chi connectivity index (χ1v) is 7.03. The van der Waals surface area contributed by atoms with E-state index in [2.05, 4.69) is 0 Å². The minimum atomic E-state index is 0.0476. The van der Waals surface area contributed by atoms with Gasteiger partial charge in [-0.15, -0.1) is 0 Å². The molecular weight excluding hydrogens is 296 g/mol. The third-order valence-electron chi connectivity index (χ3n) is 3.86. The highest BCUT2D eigenvalue weighted by Gasteiger charge is 2.04.